The monoisotopic (exact) mass is 451 g/mol. The average Bonchev–Trinajstić information content (AvgIpc) is 2.80. The zero-order chi connectivity index (χ0) is 22.8. The van der Waals surface area contributed by atoms with E-state index in [0.29, 0.717) is 33.3 Å². The van der Waals surface area contributed by atoms with Gasteiger partial charge < -0.3 is 19.7 Å². The molecule has 2 aromatic carbocycles. The van der Waals surface area contributed by atoms with E-state index in [0.717, 1.165) is 5.56 Å². The molecular formula is C24H22ClN3O4. The number of carbonyl (C=O) groups excluding carboxylic acids is 2. The van der Waals surface area contributed by atoms with Crippen LogP contribution in [0, 0.1) is 0 Å². The first-order chi connectivity index (χ1) is 15.4. The standard InChI is InChI=1S/C24H22ClN3O4/c1-28-22(14-6-5-9-26-13-14)21(23(29)27-16-8-4-7-15(25)10-16)17-11-19(31-2)20(32-3)12-18(17)24(28)30/h4-13,21-22H,1-3H3,(H,27,29)/t21-,22+/m0/s1. The molecule has 0 radical (unpaired) electrons. The summed E-state index contributed by atoms with van der Waals surface area (Å²) in [6.07, 6.45) is 3.32. The zero-order valence-electron chi connectivity index (χ0n) is 17.8. The van der Waals surface area contributed by atoms with Crippen LogP contribution in [-0.4, -0.2) is 43.0 Å². The first kappa shape index (κ1) is 21.6. The van der Waals surface area contributed by atoms with Gasteiger partial charge in [-0.1, -0.05) is 23.7 Å². The summed E-state index contributed by atoms with van der Waals surface area (Å²) in [4.78, 5) is 32.7. The highest BCUT2D eigenvalue weighted by Crippen LogP contribution is 2.45. The summed E-state index contributed by atoms with van der Waals surface area (Å²) in [6, 6.07) is 13.3. The van der Waals surface area contributed by atoms with Crippen molar-refractivity contribution in [3.63, 3.8) is 0 Å². The van der Waals surface area contributed by atoms with Gasteiger partial charge in [0.25, 0.3) is 5.91 Å². The molecule has 1 aliphatic rings. The second kappa shape index (κ2) is 8.88. The van der Waals surface area contributed by atoms with Crippen molar-refractivity contribution >= 4 is 29.1 Å². The highest BCUT2D eigenvalue weighted by molar-refractivity contribution is 6.30. The van der Waals surface area contributed by atoms with E-state index in [4.69, 9.17) is 21.1 Å². The summed E-state index contributed by atoms with van der Waals surface area (Å²) in [5.74, 6) is -0.373. The van der Waals surface area contributed by atoms with Crippen LogP contribution in [0.4, 0.5) is 5.69 Å². The molecule has 0 saturated carbocycles. The van der Waals surface area contributed by atoms with Crippen LogP contribution in [0.3, 0.4) is 0 Å². The maximum absolute atomic E-state index is 13.6. The van der Waals surface area contributed by atoms with Gasteiger partial charge in [-0.3, -0.25) is 14.6 Å². The molecule has 0 fully saturated rings. The number of benzene rings is 2. The number of fused-ring (bicyclic) bond motifs is 1. The van der Waals surface area contributed by atoms with E-state index >= 15 is 0 Å². The zero-order valence-corrected chi connectivity index (χ0v) is 18.6. The van der Waals surface area contributed by atoms with Crippen molar-refractivity contribution in [3.05, 3.63) is 82.6 Å². The molecule has 3 aromatic rings. The number of hydrogen-bond acceptors (Lipinski definition) is 5. The Kier molecular flexibility index (Phi) is 6.01. The number of amides is 2. The van der Waals surface area contributed by atoms with Crippen LogP contribution in [0.1, 0.15) is 33.4 Å². The highest BCUT2D eigenvalue weighted by atomic mass is 35.5. The van der Waals surface area contributed by atoms with Crippen LogP contribution in [0.5, 0.6) is 11.5 Å². The Labute approximate surface area is 190 Å². The first-order valence-electron chi connectivity index (χ1n) is 9.94. The lowest BCUT2D eigenvalue weighted by atomic mass is 9.79. The van der Waals surface area contributed by atoms with Gasteiger partial charge in [-0.15, -0.1) is 0 Å². The van der Waals surface area contributed by atoms with Gasteiger partial charge in [0.15, 0.2) is 11.5 Å². The van der Waals surface area contributed by atoms with E-state index in [1.54, 1.807) is 66.8 Å². The number of halogens is 1. The molecule has 2 amide bonds. The van der Waals surface area contributed by atoms with E-state index in [9.17, 15) is 9.59 Å². The number of nitrogens with one attached hydrogen (secondary N) is 1. The lowest BCUT2D eigenvalue weighted by Gasteiger charge is -2.39. The number of nitrogens with zero attached hydrogens (tertiary/aromatic N) is 2. The van der Waals surface area contributed by atoms with Crippen LogP contribution in [-0.2, 0) is 4.79 Å². The van der Waals surface area contributed by atoms with Crippen LogP contribution in [0.15, 0.2) is 60.9 Å². The Bertz CT molecular complexity index is 1170. The third kappa shape index (κ3) is 3.87. The van der Waals surface area contributed by atoms with E-state index in [1.165, 1.54) is 14.2 Å². The number of ether oxygens (including phenoxy) is 2. The molecule has 0 bridgehead atoms. The number of pyridine rings is 1. The number of hydrogen-bond donors (Lipinski definition) is 1. The summed E-state index contributed by atoms with van der Waals surface area (Å²) in [7, 11) is 4.70. The minimum Gasteiger partial charge on any atom is -0.493 e. The molecule has 164 valence electrons. The van der Waals surface area contributed by atoms with E-state index in [1.807, 2.05) is 6.07 Å². The normalized spacial score (nSPS) is 17.5. The molecule has 0 saturated heterocycles. The number of carbonyl (C=O) groups is 2. The van der Waals surface area contributed by atoms with Crippen molar-refractivity contribution in [2.75, 3.05) is 26.6 Å². The average molecular weight is 452 g/mol. The first-order valence-corrected chi connectivity index (χ1v) is 10.3. The lowest BCUT2D eigenvalue weighted by molar-refractivity contribution is -0.119. The van der Waals surface area contributed by atoms with Gasteiger partial charge in [0, 0.05) is 35.7 Å². The fourth-order valence-electron chi connectivity index (χ4n) is 4.09. The van der Waals surface area contributed by atoms with Crippen LogP contribution in [0.2, 0.25) is 5.02 Å². The molecule has 2 atom stereocenters. The molecule has 0 unspecified atom stereocenters. The van der Waals surface area contributed by atoms with E-state index < -0.39 is 12.0 Å². The molecule has 32 heavy (non-hydrogen) atoms. The van der Waals surface area contributed by atoms with Gasteiger partial charge in [0.05, 0.1) is 26.2 Å². The summed E-state index contributed by atoms with van der Waals surface area (Å²) in [6.45, 7) is 0. The second-order valence-corrected chi connectivity index (χ2v) is 7.86. The van der Waals surface area contributed by atoms with Crippen molar-refractivity contribution in [1.29, 1.82) is 0 Å². The van der Waals surface area contributed by atoms with Gasteiger partial charge >= 0.3 is 0 Å². The number of anilines is 1. The molecule has 1 N–H and O–H groups in total. The number of rotatable bonds is 5. The molecule has 0 aliphatic carbocycles. The Balaban J connectivity index is 1.88. The Hall–Kier alpha value is -3.58. The van der Waals surface area contributed by atoms with Crippen LogP contribution < -0.4 is 14.8 Å². The van der Waals surface area contributed by atoms with Gasteiger partial charge in [0.2, 0.25) is 5.91 Å². The summed E-state index contributed by atoms with van der Waals surface area (Å²) in [5, 5.41) is 3.45. The SMILES string of the molecule is COc1cc2c(cc1OC)[C@H](C(=O)Nc1cccc(Cl)c1)[C@@H](c1cccnc1)N(C)C2=O. The fourth-order valence-corrected chi connectivity index (χ4v) is 4.28. The van der Waals surface area contributed by atoms with Crippen molar-refractivity contribution < 1.29 is 19.1 Å². The highest BCUT2D eigenvalue weighted by Gasteiger charge is 2.43. The molecule has 4 rings (SSSR count). The third-order valence-electron chi connectivity index (χ3n) is 5.58. The molecule has 8 heteroatoms. The van der Waals surface area contributed by atoms with Crippen molar-refractivity contribution in [3.8, 4) is 11.5 Å². The second-order valence-electron chi connectivity index (χ2n) is 7.42. The molecule has 1 aliphatic heterocycles. The minimum atomic E-state index is -0.726. The Morgan fingerprint density at radius 2 is 1.84 bits per heavy atom. The fraction of sp³-hybridized carbons (Fsp3) is 0.208. The third-order valence-corrected chi connectivity index (χ3v) is 5.81. The van der Waals surface area contributed by atoms with Gasteiger partial charge in [-0.2, -0.15) is 0 Å². The summed E-state index contributed by atoms with van der Waals surface area (Å²) >= 11 is 6.09. The maximum Gasteiger partial charge on any atom is 0.254 e. The van der Waals surface area contributed by atoms with E-state index in [-0.39, 0.29) is 11.8 Å². The number of methoxy groups -OCH3 is 2. The largest absolute Gasteiger partial charge is 0.493 e. The molecule has 7 nitrogen and oxygen atoms in total. The topological polar surface area (TPSA) is 80.8 Å². The van der Waals surface area contributed by atoms with Crippen LogP contribution in [0.25, 0.3) is 0 Å². The lowest BCUT2D eigenvalue weighted by Crippen LogP contribution is -2.44. The van der Waals surface area contributed by atoms with Crippen molar-refractivity contribution in [1.82, 2.24) is 9.88 Å². The van der Waals surface area contributed by atoms with Crippen LogP contribution >= 0.6 is 11.6 Å². The smallest absolute Gasteiger partial charge is 0.254 e. The van der Waals surface area contributed by atoms with Crippen molar-refractivity contribution in [2.45, 2.75) is 12.0 Å². The van der Waals surface area contributed by atoms with Gasteiger partial charge in [-0.05, 0) is 47.5 Å². The van der Waals surface area contributed by atoms with Gasteiger partial charge in [-0.25, -0.2) is 0 Å². The number of aromatic nitrogens is 1. The van der Waals surface area contributed by atoms with E-state index in [2.05, 4.69) is 10.3 Å². The Morgan fingerprint density at radius 1 is 1.09 bits per heavy atom. The predicted molar refractivity (Wildman–Crippen MR) is 121 cm³/mol. The molecule has 2 heterocycles. The summed E-state index contributed by atoms with van der Waals surface area (Å²) < 4.78 is 10.8. The predicted octanol–water partition coefficient (Wildman–Crippen LogP) is 4.30. The Morgan fingerprint density at radius 3 is 2.50 bits per heavy atom. The molecular weight excluding hydrogens is 430 g/mol. The quantitative estimate of drug-likeness (QED) is 0.625. The summed E-state index contributed by atoms with van der Waals surface area (Å²) in [5.41, 5.74) is 2.25. The van der Waals surface area contributed by atoms with Crippen molar-refractivity contribution in [2.24, 2.45) is 0 Å². The molecule has 0 spiro atoms. The molecule has 1 aromatic heterocycles. The van der Waals surface area contributed by atoms with Gasteiger partial charge in [0.1, 0.15) is 0 Å². The minimum absolute atomic E-state index is 0.221. The number of likely N-dealkylation sites (N-methyl/N-ethyl adjacent to an activating group) is 1. The maximum atomic E-state index is 13.6.